The fraction of sp³-hybridized carbons (Fsp3) is 0.233. The minimum Gasteiger partial charge on any atom is -0.370 e. The number of benzene rings is 2. The molecule has 2 aromatic heterocycles. The maximum Gasteiger partial charge on any atom is 0.422 e. The molecule has 0 aliphatic carbocycles. The summed E-state index contributed by atoms with van der Waals surface area (Å²) < 4.78 is 83.2. The van der Waals surface area contributed by atoms with E-state index in [1.165, 1.54) is 30.6 Å². The predicted octanol–water partition coefficient (Wildman–Crippen LogP) is 5.93. The molecule has 7 nitrogen and oxygen atoms in total. The van der Waals surface area contributed by atoms with Crippen LogP contribution in [0, 0.1) is 17.5 Å². The molecule has 4 aromatic rings. The minimum atomic E-state index is -5.23. The Morgan fingerprint density at radius 2 is 1.63 bits per heavy atom. The highest BCUT2D eigenvalue weighted by atomic mass is 19.4. The zero-order chi connectivity index (χ0) is 30.5. The molecular formula is C30H24F6N6O. The summed E-state index contributed by atoms with van der Waals surface area (Å²) in [4.78, 5) is 21.4. The van der Waals surface area contributed by atoms with Crippen molar-refractivity contribution in [3.05, 3.63) is 108 Å². The Kier molecular flexibility index (Phi) is 6.90. The smallest absolute Gasteiger partial charge is 0.370 e. The number of rotatable bonds is 4. The Bertz CT molecular complexity index is 1670. The van der Waals surface area contributed by atoms with Crippen LogP contribution in [0.1, 0.15) is 28.9 Å². The number of hydrogen-bond donors (Lipinski definition) is 1. The third kappa shape index (κ3) is 4.98. The summed E-state index contributed by atoms with van der Waals surface area (Å²) in [7, 11) is 0. The van der Waals surface area contributed by atoms with Crippen LogP contribution in [0.3, 0.4) is 0 Å². The van der Waals surface area contributed by atoms with Gasteiger partial charge in [-0.05, 0) is 55.3 Å². The van der Waals surface area contributed by atoms with Crippen molar-refractivity contribution in [3.63, 3.8) is 0 Å². The first kappa shape index (κ1) is 28.3. The number of pyridine rings is 1. The number of halogens is 6. The first-order valence-corrected chi connectivity index (χ1v) is 13.3. The fourth-order valence-corrected chi connectivity index (χ4v) is 5.78. The molecule has 6 rings (SSSR count). The summed E-state index contributed by atoms with van der Waals surface area (Å²) in [6.45, 7) is 5.29. The lowest BCUT2D eigenvalue weighted by molar-refractivity contribution is -0.142. The first-order valence-electron chi connectivity index (χ1n) is 13.3. The predicted molar refractivity (Wildman–Crippen MR) is 146 cm³/mol. The van der Waals surface area contributed by atoms with Gasteiger partial charge in [-0.2, -0.15) is 18.3 Å². The summed E-state index contributed by atoms with van der Waals surface area (Å²) in [5, 5.41) is 7.56. The van der Waals surface area contributed by atoms with E-state index in [9.17, 15) is 31.1 Å². The van der Waals surface area contributed by atoms with Gasteiger partial charge >= 0.3 is 6.18 Å². The molecule has 222 valence electrons. The lowest BCUT2D eigenvalue weighted by Crippen LogP contribution is -2.54. The van der Waals surface area contributed by atoms with Crippen LogP contribution < -0.4 is 10.2 Å². The number of nitrogens with zero attached hydrogens (tertiary/aromatic N) is 5. The highest BCUT2D eigenvalue weighted by Crippen LogP contribution is 2.41. The second-order valence-corrected chi connectivity index (χ2v) is 10.4. The molecule has 0 saturated carbocycles. The Labute approximate surface area is 242 Å². The van der Waals surface area contributed by atoms with Crippen molar-refractivity contribution in [1.29, 1.82) is 0 Å². The number of amides is 1. The molecule has 1 N–H and O–H groups in total. The molecule has 1 spiro atoms. The van der Waals surface area contributed by atoms with Crippen molar-refractivity contribution in [2.45, 2.75) is 24.6 Å². The topological polar surface area (TPSA) is 66.3 Å². The molecule has 2 aliphatic rings. The zero-order valence-corrected chi connectivity index (χ0v) is 22.5. The molecule has 0 unspecified atom stereocenters. The number of aromatic nitrogens is 3. The van der Waals surface area contributed by atoms with Crippen molar-refractivity contribution in [1.82, 2.24) is 25.0 Å². The summed E-state index contributed by atoms with van der Waals surface area (Å²) in [5.74, 6) is -4.42. The lowest BCUT2D eigenvalue weighted by atomic mass is 9.84. The Hall–Kier alpha value is -4.81. The third-order valence-corrected chi connectivity index (χ3v) is 7.99. The maximum absolute atomic E-state index is 14.5. The monoisotopic (exact) mass is 598 g/mol. The van der Waals surface area contributed by atoms with Gasteiger partial charge in [0.05, 0.1) is 23.6 Å². The van der Waals surface area contributed by atoms with Gasteiger partial charge in [-0.1, -0.05) is 6.58 Å². The molecule has 2 aromatic carbocycles. The fourth-order valence-electron chi connectivity index (χ4n) is 5.78. The molecule has 2 fully saturated rings. The average Bonchev–Trinajstić information content (AvgIpc) is 3.55. The number of hydrogen-bond acceptors (Lipinski definition) is 5. The van der Waals surface area contributed by atoms with E-state index in [0.29, 0.717) is 50.3 Å². The van der Waals surface area contributed by atoms with E-state index < -0.39 is 34.8 Å². The molecule has 4 heterocycles. The molecule has 1 amide bonds. The van der Waals surface area contributed by atoms with Crippen LogP contribution in [0.5, 0.6) is 0 Å². The molecule has 0 atom stereocenters. The lowest BCUT2D eigenvalue weighted by Gasteiger charge is -2.45. The minimum absolute atomic E-state index is 0.0609. The van der Waals surface area contributed by atoms with Gasteiger partial charge in [-0.25, -0.2) is 17.9 Å². The van der Waals surface area contributed by atoms with E-state index >= 15 is 0 Å². The summed E-state index contributed by atoms with van der Waals surface area (Å²) in [5.41, 5.74) is -0.681. The normalized spacial score (nSPS) is 16.6. The standard InChI is InChI=1S/C30H24F6N6O/c1-18-29(41(17-38-18)21-6-4-20(31)5-7-21)8-11-40(12-9-29)28(43)25-15-26(19-3-2-10-37-16-19)42(39-25)22-13-23(32)27(24(33)14-22)30(34,35)36/h2-7,10,13-16,38H,1,8-9,11-12,17H2. The molecule has 2 aliphatic heterocycles. The van der Waals surface area contributed by atoms with Gasteiger partial charge < -0.3 is 15.1 Å². The highest BCUT2D eigenvalue weighted by Gasteiger charge is 2.47. The van der Waals surface area contributed by atoms with Gasteiger partial charge in [-0.15, -0.1) is 0 Å². The van der Waals surface area contributed by atoms with E-state index in [-0.39, 0.29) is 22.9 Å². The molecule has 13 heteroatoms. The van der Waals surface area contributed by atoms with Crippen LogP contribution in [0.15, 0.2) is 79.3 Å². The van der Waals surface area contributed by atoms with Gasteiger partial charge in [0.2, 0.25) is 0 Å². The van der Waals surface area contributed by atoms with E-state index in [4.69, 9.17) is 0 Å². The second kappa shape index (κ2) is 10.5. The molecular weight excluding hydrogens is 574 g/mol. The van der Waals surface area contributed by atoms with E-state index in [1.54, 1.807) is 29.2 Å². The molecule has 2 saturated heterocycles. The summed E-state index contributed by atoms with van der Waals surface area (Å²) >= 11 is 0. The Morgan fingerprint density at radius 3 is 2.23 bits per heavy atom. The molecule has 43 heavy (non-hydrogen) atoms. The van der Waals surface area contributed by atoms with Crippen molar-refractivity contribution in [3.8, 4) is 16.9 Å². The average molecular weight is 599 g/mol. The zero-order valence-electron chi connectivity index (χ0n) is 22.5. The Balaban J connectivity index is 1.30. The van der Waals surface area contributed by atoms with Crippen LogP contribution in [0.2, 0.25) is 0 Å². The van der Waals surface area contributed by atoms with Gasteiger partial charge in [0.1, 0.15) is 23.0 Å². The number of anilines is 1. The number of piperidine rings is 1. The number of nitrogens with one attached hydrogen (secondary N) is 1. The van der Waals surface area contributed by atoms with Crippen molar-refractivity contribution in [2.75, 3.05) is 24.7 Å². The third-order valence-electron chi connectivity index (χ3n) is 7.99. The van der Waals surface area contributed by atoms with Crippen LogP contribution in [0.4, 0.5) is 32.0 Å². The van der Waals surface area contributed by atoms with Gasteiger partial charge in [0.25, 0.3) is 5.91 Å². The van der Waals surface area contributed by atoms with Crippen molar-refractivity contribution < 1.29 is 31.1 Å². The maximum atomic E-state index is 14.5. The van der Waals surface area contributed by atoms with Crippen LogP contribution >= 0.6 is 0 Å². The number of carbonyl (C=O) groups is 1. The first-order chi connectivity index (χ1) is 20.5. The van der Waals surface area contributed by atoms with Gasteiger partial charge in [0.15, 0.2) is 5.69 Å². The van der Waals surface area contributed by atoms with E-state index in [2.05, 4.69) is 26.9 Å². The van der Waals surface area contributed by atoms with E-state index in [0.717, 1.165) is 16.1 Å². The van der Waals surface area contributed by atoms with Crippen molar-refractivity contribution in [2.24, 2.45) is 0 Å². The number of alkyl halides is 3. The second-order valence-electron chi connectivity index (χ2n) is 10.4. The van der Waals surface area contributed by atoms with Crippen LogP contribution in [0.25, 0.3) is 16.9 Å². The van der Waals surface area contributed by atoms with Crippen LogP contribution in [-0.4, -0.2) is 50.9 Å². The Morgan fingerprint density at radius 1 is 0.953 bits per heavy atom. The summed E-state index contributed by atoms with van der Waals surface area (Å²) in [6.07, 6.45) is -1.28. The molecule has 0 radical (unpaired) electrons. The van der Waals surface area contributed by atoms with Gasteiger partial charge in [-0.3, -0.25) is 9.78 Å². The number of likely N-dealkylation sites (tertiary alicyclic amines) is 1. The van der Waals surface area contributed by atoms with E-state index in [1.807, 2.05) is 0 Å². The highest BCUT2D eigenvalue weighted by molar-refractivity contribution is 5.93. The van der Waals surface area contributed by atoms with Gasteiger partial charge in [0, 0.05) is 54.6 Å². The number of carbonyl (C=O) groups excluding carboxylic acids is 1. The van der Waals surface area contributed by atoms with Crippen LogP contribution in [-0.2, 0) is 6.18 Å². The summed E-state index contributed by atoms with van der Waals surface area (Å²) in [6, 6.07) is 11.8. The quantitative estimate of drug-likeness (QED) is 0.295. The molecule has 0 bridgehead atoms. The SMILES string of the molecule is C=C1NCN(c2ccc(F)cc2)C12CCN(C(=O)c1cc(-c3cccnc3)n(-c3cc(F)c(C(F)(F)F)c(F)c3)n1)CC2. The van der Waals surface area contributed by atoms with Crippen molar-refractivity contribution >= 4 is 11.6 Å². The largest absolute Gasteiger partial charge is 0.422 e.